The number of fused-ring (bicyclic) bond motifs is 2. The summed E-state index contributed by atoms with van der Waals surface area (Å²) in [5.41, 5.74) is 7.83. The van der Waals surface area contributed by atoms with Crippen LogP contribution in [0.5, 0.6) is 0 Å². The molecule has 6 heteroatoms. The van der Waals surface area contributed by atoms with Gasteiger partial charge in [-0.1, -0.05) is 54.6 Å². The van der Waals surface area contributed by atoms with Crippen molar-refractivity contribution in [1.29, 1.82) is 0 Å². The minimum Gasteiger partial charge on any atom is -0.350 e. The highest BCUT2D eigenvalue weighted by Gasteiger charge is 2.25. The molecule has 0 bridgehead atoms. The predicted octanol–water partition coefficient (Wildman–Crippen LogP) is 5.15. The Labute approximate surface area is 204 Å². The number of pyridine rings is 1. The number of hydrogen-bond acceptors (Lipinski definition) is 4. The first-order chi connectivity index (χ1) is 17.1. The fourth-order valence-corrected chi connectivity index (χ4v) is 5.12. The summed E-state index contributed by atoms with van der Waals surface area (Å²) in [5, 5.41) is 1.07. The Morgan fingerprint density at radius 1 is 1.00 bits per heavy atom. The second-order valence-corrected chi connectivity index (χ2v) is 9.22. The van der Waals surface area contributed by atoms with Gasteiger partial charge < -0.3 is 9.47 Å². The smallest absolute Gasteiger partial charge is 0.281 e. The van der Waals surface area contributed by atoms with Crippen LogP contribution in [0.2, 0.25) is 0 Å². The van der Waals surface area contributed by atoms with Crippen molar-refractivity contribution in [2.75, 3.05) is 11.4 Å². The van der Waals surface area contributed by atoms with E-state index in [0.717, 1.165) is 42.8 Å². The molecule has 6 nitrogen and oxygen atoms in total. The molecular weight excluding hydrogens is 434 g/mol. The summed E-state index contributed by atoms with van der Waals surface area (Å²) in [7, 11) is 0. The SMILES string of the molecule is Cc1c(C)n(Cc2ccccc2)c2c(N3CCc4ccccc4C3)nc(C(=O)n3ccnc3)cc12. The van der Waals surface area contributed by atoms with Gasteiger partial charge in [-0.2, -0.15) is 0 Å². The van der Waals surface area contributed by atoms with Gasteiger partial charge in [-0.05, 0) is 48.6 Å². The van der Waals surface area contributed by atoms with Gasteiger partial charge in [-0.25, -0.2) is 9.97 Å². The molecule has 0 spiro atoms. The lowest BCUT2D eigenvalue weighted by Crippen LogP contribution is -2.32. The molecule has 0 amide bonds. The fraction of sp³-hybridized carbons (Fsp3) is 0.207. The molecule has 1 aliphatic rings. The molecule has 0 fully saturated rings. The minimum absolute atomic E-state index is 0.170. The molecule has 0 atom stereocenters. The van der Waals surface area contributed by atoms with E-state index >= 15 is 0 Å². The van der Waals surface area contributed by atoms with E-state index in [-0.39, 0.29) is 5.91 Å². The summed E-state index contributed by atoms with van der Waals surface area (Å²) in [6.07, 6.45) is 5.77. The number of benzene rings is 2. The molecule has 0 N–H and O–H groups in total. The monoisotopic (exact) mass is 461 g/mol. The van der Waals surface area contributed by atoms with Gasteiger partial charge in [0.25, 0.3) is 5.91 Å². The average molecular weight is 462 g/mol. The van der Waals surface area contributed by atoms with Gasteiger partial charge in [0, 0.05) is 43.1 Å². The van der Waals surface area contributed by atoms with Crippen molar-refractivity contribution >= 4 is 22.6 Å². The lowest BCUT2D eigenvalue weighted by Gasteiger charge is -2.31. The first-order valence-corrected chi connectivity index (χ1v) is 12.0. The summed E-state index contributed by atoms with van der Waals surface area (Å²) >= 11 is 0. The predicted molar refractivity (Wildman–Crippen MR) is 138 cm³/mol. The Morgan fingerprint density at radius 3 is 2.54 bits per heavy atom. The van der Waals surface area contributed by atoms with Crippen molar-refractivity contribution in [2.24, 2.45) is 0 Å². The second-order valence-electron chi connectivity index (χ2n) is 9.22. The summed E-state index contributed by atoms with van der Waals surface area (Å²) in [5.74, 6) is 0.698. The number of nitrogens with zero attached hydrogens (tertiary/aromatic N) is 5. The van der Waals surface area contributed by atoms with E-state index in [1.807, 2.05) is 12.1 Å². The van der Waals surface area contributed by atoms with E-state index in [4.69, 9.17) is 4.98 Å². The number of carbonyl (C=O) groups is 1. The molecule has 35 heavy (non-hydrogen) atoms. The topological polar surface area (TPSA) is 56.0 Å². The molecule has 5 aromatic rings. The van der Waals surface area contributed by atoms with E-state index in [1.165, 1.54) is 38.8 Å². The van der Waals surface area contributed by atoms with Gasteiger partial charge in [0.05, 0.1) is 5.52 Å². The lowest BCUT2D eigenvalue weighted by atomic mass is 10.00. The number of anilines is 1. The summed E-state index contributed by atoms with van der Waals surface area (Å²) < 4.78 is 3.85. The number of rotatable bonds is 4. The van der Waals surface area contributed by atoms with Crippen LogP contribution in [0, 0.1) is 13.8 Å². The highest BCUT2D eigenvalue weighted by molar-refractivity contribution is 6.02. The molecule has 2 aromatic carbocycles. The maximum atomic E-state index is 13.3. The van der Waals surface area contributed by atoms with Crippen LogP contribution in [0.15, 0.2) is 79.4 Å². The molecule has 3 aromatic heterocycles. The van der Waals surface area contributed by atoms with Gasteiger partial charge in [-0.3, -0.25) is 9.36 Å². The highest BCUT2D eigenvalue weighted by Crippen LogP contribution is 2.35. The molecule has 6 rings (SSSR count). The van der Waals surface area contributed by atoms with Crippen LogP contribution in [-0.2, 0) is 19.5 Å². The molecule has 0 saturated carbocycles. The molecule has 1 aliphatic heterocycles. The third kappa shape index (κ3) is 3.71. The largest absolute Gasteiger partial charge is 0.350 e. The van der Waals surface area contributed by atoms with Crippen molar-refractivity contribution in [3.63, 3.8) is 0 Å². The van der Waals surface area contributed by atoms with Gasteiger partial charge in [0.15, 0.2) is 5.82 Å². The normalized spacial score (nSPS) is 13.3. The number of imidazole rings is 1. The van der Waals surface area contributed by atoms with Crippen LogP contribution in [0.4, 0.5) is 5.82 Å². The minimum atomic E-state index is -0.170. The van der Waals surface area contributed by atoms with Crippen molar-refractivity contribution in [1.82, 2.24) is 19.1 Å². The third-order valence-electron chi connectivity index (χ3n) is 7.17. The lowest BCUT2D eigenvalue weighted by molar-refractivity contribution is 0.0955. The van der Waals surface area contributed by atoms with Crippen LogP contribution < -0.4 is 4.90 Å². The van der Waals surface area contributed by atoms with Crippen LogP contribution >= 0.6 is 0 Å². The number of carbonyl (C=O) groups excluding carboxylic acids is 1. The van der Waals surface area contributed by atoms with E-state index < -0.39 is 0 Å². The van der Waals surface area contributed by atoms with Crippen LogP contribution in [0.3, 0.4) is 0 Å². The Hall–Kier alpha value is -4.19. The van der Waals surface area contributed by atoms with Crippen molar-refractivity contribution in [3.05, 3.63) is 113 Å². The molecule has 0 aliphatic carbocycles. The van der Waals surface area contributed by atoms with Crippen molar-refractivity contribution in [2.45, 2.75) is 33.4 Å². The molecule has 0 radical (unpaired) electrons. The van der Waals surface area contributed by atoms with Gasteiger partial charge in [0.1, 0.15) is 12.0 Å². The van der Waals surface area contributed by atoms with Crippen LogP contribution in [0.25, 0.3) is 10.9 Å². The first-order valence-electron chi connectivity index (χ1n) is 12.0. The molecule has 174 valence electrons. The Kier molecular flexibility index (Phi) is 5.21. The van der Waals surface area contributed by atoms with Crippen LogP contribution in [-0.4, -0.2) is 31.6 Å². The van der Waals surface area contributed by atoms with E-state index in [2.05, 4.69) is 76.8 Å². The zero-order valence-electron chi connectivity index (χ0n) is 20.0. The maximum Gasteiger partial charge on any atom is 0.281 e. The molecule has 4 heterocycles. The quantitative estimate of drug-likeness (QED) is 0.371. The second kappa shape index (κ2) is 8.55. The van der Waals surface area contributed by atoms with Gasteiger partial charge in [-0.15, -0.1) is 0 Å². The van der Waals surface area contributed by atoms with Crippen molar-refractivity contribution < 1.29 is 4.79 Å². The van der Waals surface area contributed by atoms with E-state index in [0.29, 0.717) is 5.69 Å². The third-order valence-corrected chi connectivity index (χ3v) is 7.17. The summed E-state index contributed by atoms with van der Waals surface area (Å²) in [4.78, 5) is 24.7. The molecule has 0 saturated heterocycles. The Balaban J connectivity index is 1.55. The zero-order valence-corrected chi connectivity index (χ0v) is 20.0. The van der Waals surface area contributed by atoms with E-state index in [9.17, 15) is 4.79 Å². The van der Waals surface area contributed by atoms with Gasteiger partial charge in [0.2, 0.25) is 0 Å². The standard InChI is InChI=1S/C29H27N5O/c1-20-21(2)34(17-22-8-4-3-5-9-22)27-25(20)16-26(29(35)33-15-13-30-19-33)31-28(27)32-14-12-23-10-6-7-11-24(23)18-32/h3-11,13,15-16,19H,12,14,17-18H2,1-2H3. The number of aromatic nitrogens is 4. The average Bonchev–Trinajstić information content (AvgIpc) is 3.52. The summed E-state index contributed by atoms with van der Waals surface area (Å²) in [6, 6.07) is 21.1. The first kappa shape index (κ1) is 21.4. The Bertz CT molecular complexity index is 1530. The number of aryl methyl sites for hydroxylation is 1. The maximum absolute atomic E-state index is 13.3. The fourth-order valence-electron chi connectivity index (χ4n) is 5.12. The summed E-state index contributed by atoms with van der Waals surface area (Å²) in [6.45, 7) is 6.68. The Morgan fingerprint density at radius 2 is 1.77 bits per heavy atom. The molecule has 0 unspecified atom stereocenters. The number of hydrogen-bond donors (Lipinski definition) is 0. The highest BCUT2D eigenvalue weighted by atomic mass is 16.2. The molecular formula is C29H27N5O. The van der Waals surface area contributed by atoms with E-state index in [1.54, 1.807) is 12.4 Å². The van der Waals surface area contributed by atoms with Crippen LogP contribution in [0.1, 0.15) is 38.4 Å². The van der Waals surface area contributed by atoms with Gasteiger partial charge >= 0.3 is 0 Å². The van der Waals surface area contributed by atoms with Crippen molar-refractivity contribution in [3.8, 4) is 0 Å². The zero-order chi connectivity index (χ0) is 23.9.